The summed E-state index contributed by atoms with van der Waals surface area (Å²) < 4.78 is 5.54. The number of anilines is 1. The molecule has 2 aromatic rings. The van der Waals surface area contributed by atoms with Gasteiger partial charge in [0.1, 0.15) is 0 Å². The molecule has 0 bridgehead atoms. The van der Waals surface area contributed by atoms with Gasteiger partial charge in [0.05, 0.1) is 0 Å². The van der Waals surface area contributed by atoms with Crippen molar-refractivity contribution in [2.45, 2.75) is 44.9 Å². The van der Waals surface area contributed by atoms with E-state index in [9.17, 15) is 4.79 Å². The van der Waals surface area contributed by atoms with Gasteiger partial charge in [-0.3, -0.25) is 0 Å². The molecule has 1 saturated carbocycles. The van der Waals surface area contributed by atoms with Crippen LogP contribution in [0.2, 0.25) is 0 Å². The van der Waals surface area contributed by atoms with Crippen LogP contribution < -0.4 is 10.2 Å². The molecule has 2 aliphatic rings. The number of carbonyl (C=O) groups is 1. The second kappa shape index (κ2) is 8.63. The van der Waals surface area contributed by atoms with E-state index in [4.69, 9.17) is 4.52 Å². The third-order valence-corrected chi connectivity index (χ3v) is 5.78. The first-order valence-corrected chi connectivity index (χ1v) is 10.5. The molecule has 28 heavy (non-hydrogen) atoms. The maximum absolute atomic E-state index is 11.9. The summed E-state index contributed by atoms with van der Waals surface area (Å²) >= 11 is 0. The molecule has 1 aliphatic heterocycles. The van der Waals surface area contributed by atoms with E-state index >= 15 is 0 Å². The molecular formula is C21H29N5O2. The minimum absolute atomic E-state index is 0.0309. The van der Waals surface area contributed by atoms with Crippen molar-refractivity contribution in [3.8, 4) is 11.4 Å². The molecule has 1 aromatic carbocycles. The van der Waals surface area contributed by atoms with E-state index in [2.05, 4.69) is 44.6 Å². The summed E-state index contributed by atoms with van der Waals surface area (Å²) in [5.74, 6) is 1.89. The number of hydrogen-bond donors (Lipinski definition) is 1. The number of piperazine rings is 1. The maximum atomic E-state index is 11.9. The third-order valence-electron chi connectivity index (χ3n) is 5.78. The largest absolute Gasteiger partial charge is 0.368 e. The van der Waals surface area contributed by atoms with Crippen LogP contribution in [-0.4, -0.2) is 53.8 Å². The molecule has 1 aliphatic carbocycles. The molecule has 0 spiro atoms. The predicted octanol–water partition coefficient (Wildman–Crippen LogP) is 3.64. The van der Waals surface area contributed by atoms with E-state index in [0.717, 1.165) is 56.2 Å². The van der Waals surface area contributed by atoms with Gasteiger partial charge in [0.2, 0.25) is 11.7 Å². The summed E-state index contributed by atoms with van der Waals surface area (Å²) in [7, 11) is 0. The average Bonchev–Trinajstić information content (AvgIpc) is 3.25. The zero-order valence-electron chi connectivity index (χ0n) is 16.6. The lowest BCUT2D eigenvalue weighted by Crippen LogP contribution is -2.51. The summed E-state index contributed by atoms with van der Waals surface area (Å²) in [5.41, 5.74) is 2.14. The highest BCUT2D eigenvalue weighted by molar-refractivity contribution is 5.74. The van der Waals surface area contributed by atoms with Crippen LogP contribution in [0.1, 0.15) is 50.8 Å². The van der Waals surface area contributed by atoms with Crippen molar-refractivity contribution < 1.29 is 9.32 Å². The smallest absolute Gasteiger partial charge is 0.317 e. The molecular weight excluding hydrogens is 354 g/mol. The zero-order chi connectivity index (χ0) is 19.3. The molecule has 7 nitrogen and oxygen atoms in total. The van der Waals surface area contributed by atoms with Crippen LogP contribution in [0.4, 0.5) is 10.5 Å². The summed E-state index contributed by atoms with van der Waals surface area (Å²) in [4.78, 5) is 20.8. The van der Waals surface area contributed by atoms with Gasteiger partial charge in [0.25, 0.3) is 0 Å². The van der Waals surface area contributed by atoms with E-state index in [1.54, 1.807) is 0 Å². The van der Waals surface area contributed by atoms with Crippen LogP contribution >= 0.6 is 0 Å². The van der Waals surface area contributed by atoms with E-state index < -0.39 is 0 Å². The highest BCUT2D eigenvalue weighted by atomic mass is 16.5. The Morgan fingerprint density at radius 2 is 1.82 bits per heavy atom. The Kier molecular flexibility index (Phi) is 5.78. The Bertz CT molecular complexity index is 774. The Labute approximate surface area is 166 Å². The minimum Gasteiger partial charge on any atom is -0.368 e. The quantitative estimate of drug-likeness (QED) is 0.872. The van der Waals surface area contributed by atoms with Crippen molar-refractivity contribution in [3.05, 3.63) is 30.2 Å². The molecule has 4 rings (SSSR count). The van der Waals surface area contributed by atoms with Gasteiger partial charge >= 0.3 is 6.03 Å². The van der Waals surface area contributed by atoms with Crippen molar-refractivity contribution in [1.82, 2.24) is 20.4 Å². The van der Waals surface area contributed by atoms with Crippen molar-refractivity contribution in [3.63, 3.8) is 0 Å². The van der Waals surface area contributed by atoms with E-state index in [0.29, 0.717) is 18.3 Å². The lowest BCUT2D eigenvalue weighted by atomic mass is 9.89. The number of amides is 2. The van der Waals surface area contributed by atoms with Crippen LogP contribution in [-0.2, 0) is 0 Å². The summed E-state index contributed by atoms with van der Waals surface area (Å²) in [5, 5.41) is 7.07. The SMILES string of the molecule is CCNC(=O)N1CCN(c2ccc(-c3noc(C4CCCCC4)n3)cc2)CC1. The predicted molar refractivity (Wildman–Crippen MR) is 108 cm³/mol. The van der Waals surface area contributed by atoms with Crippen LogP contribution in [0, 0.1) is 0 Å². The standard InChI is InChI=1S/C21H29N5O2/c1-2-22-21(27)26-14-12-25(13-15-26)18-10-8-16(9-11-18)19-23-20(28-24-19)17-6-4-3-5-7-17/h8-11,17H,2-7,12-15H2,1H3,(H,22,27). The van der Waals surface area contributed by atoms with Crippen LogP contribution in [0.3, 0.4) is 0 Å². The molecule has 2 amide bonds. The normalized spacial score (nSPS) is 18.3. The van der Waals surface area contributed by atoms with Gasteiger partial charge in [-0.05, 0) is 44.0 Å². The van der Waals surface area contributed by atoms with E-state index in [-0.39, 0.29) is 6.03 Å². The van der Waals surface area contributed by atoms with E-state index in [1.807, 2.05) is 11.8 Å². The monoisotopic (exact) mass is 383 g/mol. The Balaban J connectivity index is 1.37. The van der Waals surface area contributed by atoms with Gasteiger partial charge in [-0.1, -0.05) is 24.4 Å². The Morgan fingerprint density at radius 3 is 2.50 bits per heavy atom. The topological polar surface area (TPSA) is 74.5 Å². The highest BCUT2D eigenvalue weighted by Gasteiger charge is 2.23. The number of nitrogens with zero attached hydrogens (tertiary/aromatic N) is 4. The first-order chi connectivity index (χ1) is 13.7. The van der Waals surface area contributed by atoms with Gasteiger partial charge in [-0.15, -0.1) is 0 Å². The van der Waals surface area contributed by atoms with Crippen LogP contribution in [0.15, 0.2) is 28.8 Å². The van der Waals surface area contributed by atoms with Gasteiger partial charge in [-0.25, -0.2) is 4.79 Å². The van der Waals surface area contributed by atoms with Crippen LogP contribution in [0.25, 0.3) is 11.4 Å². The minimum atomic E-state index is 0.0309. The van der Waals surface area contributed by atoms with Crippen molar-refractivity contribution in [2.24, 2.45) is 0 Å². The maximum Gasteiger partial charge on any atom is 0.317 e. The Hall–Kier alpha value is -2.57. The first kappa shape index (κ1) is 18.8. The molecule has 0 radical (unpaired) electrons. The van der Waals surface area contributed by atoms with Crippen molar-refractivity contribution >= 4 is 11.7 Å². The molecule has 2 heterocycles. The second-order valence-corrected chi connectivity index (χ2v) is 7.65. The van der Waals surface area contributed by atoms with Gasteiger partial charge < -0.3 is 19.6 Å². The molecule has 0 unspecified atom stereocenters. The number of aromatic nitrogens is 2. The zero-order valence-corrected chi connectivity index (χ0v) is 16.6. The summed E-state index contributed by atoms with van der Waals surface area (Å²) in [6.45, 7) is 5.76. The van der Waals surface area contributed by atoms with Gasteiger partial charge in [-0.2, -0.15) is 4.98 Å². The molecule has 1 saturated heterocycles. The molecule has 1 N–H and O–H groups in total. The Morgan fingerprint density at radius 1 is 1.11 bits per heavy atom. The number of rotatable bonds is 4. The number of nitrogens with one attached hydrogen (secondary N) is 1. The fourth-order valence-electron chi connectivity index (χ4n) is 4.12. The van der Waals surface area contributed by atoms with Crippen LogP contribution in [0.5, 0.6) is 0 Å². The number of carbonyl (C=O) groups excluding carboxylic acids is 1. The van der Waals surface area contributed by atoms with Gasteiger partial charge in [0, 0.05) is 49.9 Å². The number of urea groups is 1. The number of benzene rings is 1. The lowest BCUT2D eigenvalue weighted by Gasteiger charge is -2.36. The molecule has 0 atom stereocenters. The first-order valence-electron chi connectivity index (χ1n) is 10.5. The highest BCUT2D eigenvalue weighted by Crippen LogP contribution is 2.32. The fourth-order valence-corrected chi connectivity index (χ4v) is 4.12. The average molecular weight is 383 g/mol. The van der Waals surface area contributed by atoms with Gasteiger partial charge in [0.15, 0.2) is 0 Å². The van der Waals surface area contributed by atoms with Crippen molar-refractivity contribution in [1.29, 1.82) is 0 Å². The molecule has 7 heteroatoms. The summed E-state index contributed by atoms with van der Waals surface area (Å²) in [6.07, 6.45) is 6.14. The van der Waals surface area contributed by atoms with Crippen molar-refractivity contribution in [2.75, 3.05) is 37.6 Å². The number of hydrogen-bond acceptors (Lipinski definition) is 5. The fraction of sp³-hybridized carbons (Fsp3) is 0.571. The third kappa shape index (κ3) is 4.13. The molecule has 150 valence electrons. The van der Waals surface area contributed by atoms with E-state index in [1.165, 1.54) is 19.3 Å². The molecule has 2 fully saturated rings. The second-order valence-electron chi connectivity index (χ2n) is 7.65. The lowest BCUT2D eigenvalue weighted by molar-refractivity contribution is 0.195. The summed E-state index contributed by atoms with van der Waals surface area (Å²) in [6, 6.07) is 8.35. The molecule has 1 aromatic heterocycles.